The zero-order valence-electron chi connectivity index (χ0n) is 21.8. The predicted octanol–water partition coefficient (Wildman–Crippen LogP) is 3.78. The summed E-state index contributed by atoms with van der Waals surface area (Å²) >= 11 is 0. The molecule has 198 valence electrons. The van der Waals surface area contributed by atoms with Gasteiger partial charge >= 0.3 is 0 Å². The van der Waals surface area contributed by atoms with Gasteiger partial charge in [0.15, 0.2) is 0 Å². The minimum Gasteiger partial charge on any atom is -0.377 e. The Morgan fingerprint density at radius 3 is 2.08 bits per heavy atom. The number of carbonyl (C=O) groups is 2. The number of benzene rings is 2. The first-order valence-electron chi connectivity index (χ1n) is 14.1. The van der Waals surface area contributed by atoms with Crippen molar-refractivity contribution in [3.8, 4) is 22.3 Å². The summed E-state index contributed by atoms with van der Waals surface area (Å²) < 4.78 is 7.27. The molecular weight excluding hydrogens is 490 g/mol. The zero-order chi connectivity index (χ0) is 26.1. The van der Waals surface area contributed by atoms with E-state index in [2.05, 4.69) is 59.8 Å². The number of hydrogen-bond donors (Lipinski definition) is 0. The highest BCUT2D eigenvalue weighted by molar-refractivity contribution is 6.16. The molecule has 2 saturated carbocycles. The van der Waals surface area contributed by atoms with E-state index in [0.29, 0.717) is 24.4 Å². The number of amides is 2. The van der Waals surface area contributed by atoms with Gasteiger partial charge in [-0.1, -0.05) is 48.5 Å². The summed E-state index contributed by atoms with van der Waals surface area (Å²) in [5.74, 6) is 1.81. The fourth-order valence-electron chi connectivity index (χ4n) is 5.93. The monoisotopic (exact) mass is 521 g/mol. The number of likely N-dealkylation sites (tertiary alicyclic amines) is 1. The van der Waals surface area contributed by atoms with E-state index in [1.54, 1.807) is 0 Å². The van der Waals surface area contributed by atoms with Crippen molar-refractivity contribution in [2.75, 3.05) is 32.8 Å². The topological polar surface area (TPSA) is 80.0 Å². The molecule has 0 unspecified atom stereocenters. The summed E-state index contributed by atoms with van der Waals surface area (Å²) in [5.41, 5.74) is 4.95. The van der Waals surface area contributed by atoms with Crippen LogP contribution in [0.5, 0.6) is 0 Å². The molecule has 0 N–H and O–H groups in total. The van der Waals surface area contributed by atoms with Gasteiger partial charge in [-0.25, -0.2) is 0 Å². The normalized spacial score (nSPS) is 22.2. The Kier molecular flexibility index (Phi) is 5.11. The van der Waals surface area contributed by atoms with Crippen molar-refractivity contribution in [3.05, 3.63) is 66.5 Å². The fraction of sp³-hybridized carbons (Fsp3) is 0.419. The standard InChI is InChI=1S/C31H31N5O3/c37-29(25-9-10-25)34-14-20(15-34)16-35-28(33-31(11-12-31)30(35)38)24-7-5-22(6-8-24)21-1-3-23(4-2-21)26-13-32-36(17-26)27-18-39-19-27/h1-8,13,17,20,25,27H,9-12,14-16,18-19H2. The lowest BCUT2D eigenvalue weighted by atomic mass is 9.97. The van der Waals surface area contributed by atoms with Crippen molar-refractivity contribution < 1.29 is 14.3 Å². The van der Waals surface area contributed by atoms with Crippen molar-refractivity contribution >= 4 is 17.6 Å². The van der Waals surface area contributed by atoms with Crippen LogP contribution in [-0.2, 0) is 14.3 Å². The number of aliphatic imine (C=N–C) groups is 1. The number of aromatic nitrogens is 2. The molecule has 0 atom stereocenters. The smallest absolute Gasteiger partial charge is 0.256 e. The van der Waals surface area contributed by atoms with Crippen molar-refractivity contribution in [1.29, 1.82) is 0 Å². The van der Waals surface area contributed by atoms with Gasteiger partial charge < -0.3 is 9.64 Å². The molecule has 5 aliphatic rings. The van der Waals surface area contributed by atoms with Gasteiger partial charge in [0.05, 0.1) is 25.5 Å². The van der Waals surface area contributed by atoms with Crippen LogP contribution in [0, 0.1) is 11.8 Å². The molecule has 0 radical (unpaired) electrons. The lowest BCUT2D eigenvalue weighted by Crippen LogP contribution is -2.55. The van der Waals surface area contributed by atoms with Crippen molar-refractivity contribution in [1.82, 2.24) is 19.6 Å². The van der Waals surface area contributed by atoms with E-state index in [1.807, 2.05) is 20.7 Å². The van der Waals surface area contributed by atoms with Crippen LogP contribution < -0.4 is 0 Å². The third-order valence-corrected chi connectivity index (χ3v) is 8.87. The summed E-state index contributed by atoms with van der Waals surface area (Å²) in [5, 5.41) is 4.50. The number of carbonyl (C=O) groups excluding carboxylic acids is 2. The average molecular weight is 522 g/mol. The van der Waals surface area contributed by atoms with Gasteiger partial charge in [-0.05, 0) is 42.4 Å². The van der Waals surface area contributed by atoms with E-state index in [0.717, 1.165) is 85.6 Å². The maximum Gasteiger partial charge on any atom is 0.256 e. The van der Waals surface area contributed by atoms with Crippen LogP contribution in [0.1, 0.15) is 37.3 Å². The Bertz CT molecular complexity index is 1470. The Hall–Kier alpha value is -3.78. The second-order valence-corrected chi connectivity index (χ2v) is 11.8. The van der Waals surface area contributed by atoms with E-state index >= 15 is 0 Å². The molecule has 3 aliphatic heterocycles. The van der Waals surface area contributed by atoms with Crippen LogP contribution in [0.15, 0.2) is 65.9 Å². The first kappa shape index (κ1) is 23.1. The highest BCUT2D eigenvalue weighted by atomic mass is 16.5. The SMILES string of the molecule is O=C(C1CC1)N1CC(CN2C(=O)C3(CC3)N=C2c2ccc(-c3ccc(-c4cnn(C5COC5)c4)cc3)cc2)C1. The molecule has 2 aliphatic carbocycles. The van der Waals surface area contributed by atoms with E-state index in [1.165, 1.54) is 0 Å². The summed E-state index contributed by atoms with van der Waals surface area (Å²) in [6.07, 6.45) is 7.74. The van der Waals surface area contributed by atoms with Gasteiger partial charge in [-0.3, -0.25) is 24.2 Å². The quantitative estimate of drug-likeness (QED) is 0.474. The summed E-state index contributed by atoms with van der Waals surface area (Å²) in [6.45, 7) is 3.61. The lowest BCUT2D eigenvalue weighted by Gasteiger charge is -2.41. The molecule has 8 nitrogen and oxygen atoms in total. The summed E-state index contributed by atoms with van der Waals surface area (Å²) in [6, 6.07) is 17.3. The molecule has 4 heterocycles. The second kappa shape index (κ2) is 8.61. The molecule has 0 bridgehead atoms. The number of rotatable bonds is 7. The third kappa shape index (κ3) is 4.00. The lowest BCUT2D eigenvalue weighted by molar-refractivity contribution is -0.139. The molecule has 8 rings (SSSR count). The van der Waals surface area contributed by atoms with E-state index in [9.17, 15) is 9.59 Å². The minimum absolute atomic E-state index is 0.136. The first-order chi connectivity index (χ1) is 19.1. The first-order valence-corrected chi connectivity index (χ1v) is 14.1. The molecule has 1 aromatic heterocycles. The van der Waals surface area contributed by atoms with Crippen LogP contribution in [0.4, 0.5) is 0 Å². The van der Waals surface area contributed by atoms with Crippen LogP contribution in [0.3, 0.4) is 0 Å². The molecular formula is C31H31N5O3. The summed E-state index contributed by atoms with van der Waals surface area (Å²) in [4.78, 5) is 34.4. The number of amidine groups is 1. The molecule has 1 spiro atoms. The van der Waals surface area contributed by atoms with Crippen molar-refractivity contribution in [3.63, 3.8) is 0 Å². The maximum absolute atomic E-state index is 13.3. The molecule has 2 aromatic carbocycles. The largest absolute Gasteiger partial charge is 0.377 e. The Labute approximate surface area is 227 Å². The molecule has 8 heteroatoms. The fourth-order valence-corrected chi connectivity index (χ4v) is 5.93. The van der Waals surface area contributed by atoms with Gasteiger partial charge in [-0.15, -0.1) is 0 Å². The number of nitrogens with zero attached hydrogens (tertiary/aromatic N) is 5. The van der Waals surface area contributed by atoms with Gasteiger partial charge in [0.1, 0.15) is 11.4 Å². The van der Waals surface area contributed by atoms with Crippen molar-refractivity contribution in [2.45, 2.75) is 37.3 Å². The Morgan fingerprint density at radius 2 is 1.51 bits per heavy atom. The molecule has 4 fully saturated rings. The molecule has 2 amide bonds. The predicted molar refractivity (Wildman–Crippen MR) is 146 cm³/mol. The minimum atomic E-state index is -0.531. The summed E-state index contributed by atoms with van der Waals surface area (Å²) in [7, 11) is 0. The van der Waals surface area contributed by atoms with E-state index in [4.69, 9.17) is 9.73 Å². The van der Waals surface area contributed by atoms with Crippen LogP contribution in [0.2, 0.25) is 0 Å². The number of hydrogen-bond acceptors (Lipinski definition) is 5. The van der Waals surface area contributed by atoms with Gasteiger partial charge in [-0.2, -0.15) is 5.10 Å². The highest BCUT2D eigenvalue weighted by Crippen LogP contribution is 2.46. The van der Waals surface area contributed by atoms with Crippen LogP contribution in [-0.4, -0.2) is 75.6 Å². The molecule has 3 aromatic rings. The molecule has 2 saturated heterocycles. The van der Waals surface area contributed by atoms with Gasteiger partial charge in [0.25, 0.3) is 5.91 Å². The Balaban J connectivity index is 0.968. The van der Waals surface area contributed by atoms with Gasteiger partial charge in [0, 0.05) is 48.8 Å². The molecule has 39 heavy (non-hydrogen) atoms. The zero-order valence-corrected chi connectivity index (χ0v) is 21.8. The van der Waals surface area contributed by atoms with Gasteiger partial charge in [0.2, 0.25) is 5.91 Å². The second-order valence-electron chi connectivity index (χ2n) is 11.8. The van der Waals surface area contributed by atoms with Crippen LogP contribution in [0.25, 0.3) is 22.3 Å². The van der Waals surface area contributed by atoms with E-state index in [-0.39, 0.29) is 11.8 Å². The third-order valence-electron chi connectivity index (χ3n) is 8.87. The number of ether oxygens (including phenoxy) is 1. The average Bonchev–Trinajstić information content (AvgIpc) is 3.83. The van der Waals surface area contributed by atoms with Crippen molar-refractivity contribution in [2.24, 2.45) is 16.8 Å². The Morgan fingerprint density at radius 1 is 0.897 bits per heavy atom. The maximum atomic E-state index is 13.3. The highest BCUT2D eigenvalue weighted by Gasteiger charge is 2.57. The van der Waals surface area contributed by atoms with Crippen LogP contribution >= 0.6 is 0 Å². The van der Waals surface area contributed by atoms with E-state index < -0.39 is 5.54 Å².